The molecule has 0 fully saturated rings. The molecule has 1 aliphatic rings. The third-order valence-corrected chi connectivity index (χ3v) is 6.46. The molecule has 1 unspecified atom stereocenters. The predicted octanol–water partition coefficient (Wildman–Crippen LogP) is 2.16. The lowest BCUT2D eigenvalue weighted by Gasteiger charge is -2.36. The number of aromatic nitrogens is 5. The first-order chi connectivity index (χ1) is 14.2. The van der Waals surface area contributed by atoms with Crippen LogP contribution in [0.25, 0.3) is 11.6 Å². The SMILES string of the molecule is Cc1cc(N(C)S(C)(=O)=O)cc(N2CCc3nc(-c4ncccn4)ncc3C2C)n1. The average Bonchev–Trinajstić information content (AvgIpc) is 2.72. The van der Waals surface area contributed by atoms with E-state index in [1.165, 1.54) is 10.6 Å². The molecule has 4 rings (SSSR count). The van der Waals surface area contributed by atoms with Gasteiger partial charge in [-0.2, -0.15) is 0 Å². The number of fused-ring (bicyclic) bond motifs is 1. The maximum Gasteiger partial charge on any atom is 0.231 e. The van der Waals surface area contributed by atoms with Crippen molar-refractivity contribution in [1.82, 2.24) is 24.9 Å². The van der Waals surface area contributed by atoms with Gasteiger partial charge in [0.05, 0.1) is 23.7 Å². The zero-order valence-electron chi connectivity index (χ0n) is 17.3. The Morgan fingerprint density at radius 2 is 1.83 bits per heavy atom. The smallest absolute Gasteiger partial charge is 0.231 e. The third-order valence-electron chi connectivity index (χ3n) is 5.25. The number of hydrogen-bond acceptors (Lipinski definition) is 8. The number of sulfonamides is 1. The second-order valence-corrected chi connectivity index (χ2v) is 9.36. The highest BCUT2D eigenvalue weighted by Crippen LogP contribution is 2.34. The molecule has 3 aromatic heterocycles. The van der Waals surface area contributed by atoms with E-state index < -0.39 is 10.0 Å². The maximum atomic E-state index is 12.0. The first-order valence-electron chi connectivity index (χ1n) is 9.56. The highest BCUT2D eigenvalue weighted by molar-refractivity contribution is 7.92. The molecule has 3 aromatic rings. The van der Waals surface area contributed by atoms with Gasteiger partial charge in [-0.1, -0.05) is 0 Å². The fraction of sp³-hybridized carbons (Fsp3) is 0.350. The van der Waals surface area contributed by atoms with Crippen molar-refractivity contribution in [2.75, 3.05) is 29.1 Å². The summed E-state index contributed by atoms with van der Waals surface area (Å²) in [4.78, 5) is 24.4. The van der Waals surface area contributed by atoms with E-state index in [1.54, 1.807) is 31.6 Å². The van der Waals surface area contributed by atoms with Crippen LogP contribution in [0.4, 0.5) is 11.5 Å². The molecule has 30 heavy (non-hydrogen) atoms. The van der Waals surface area contributed by atoms with E-state index in [9.17, 15) is 8.42 Å². The summed E-state index contributed by atoms with van der Waals surface area (Å²) in [5.41, 5.74) is 3.33. The second kappa shape index (κ2) is 7.60. The summed E-state index contributed by atoms with van der Waals surface area (Å²) in [6, 6.07) is 5.32. The van der Waals surface area contributed by atoms with Gasteiger partial charge in [0.2, 0.25) is 10.0 Å². The summed E-state index contributed by atoms with van der Waals surface area (Å²) in [5.74, 6) is 1.75. The monoisotopic (exact) mass is 425 g/mol. The largest absolute Gasteiger partial charge is 0.349 e. The van der Waals surface area contributed by atoms with E-state index in [1.807, 2.05) is 19.2 Å². The lowest BCUT2D eigenvalue weighted by Crippen LogP contribution is -2.35. The molecule has 1 atom stereocenters. The van der Waals surface area contributed by atoms with Gasteiger partial charge >= 0.3 is 0 Å². The quantitative estimate of drug-likeness (QED) is 0.626. The minimum absolute atomic E-state index is 0.00909. The highest BCUT2D eigenvalue weighted by atomic mass is 32.2. The average molecular weight is 426 g/mol. The zero-order chi connectivity index (χ0) is 21.5. The van der Waals surface area contributed by atoms with Crippen molar-refractivity contribution >= 4 is 21.5 Å². The fourth-order valence-corrected chi connectivity index (χ4v) is 4.04. The molecule has 0 bridgehead atoms. The van der Waals surface area contributed by atoms with Gasteiger partial charge in [-0.25, -0.2) is 33.3 Å². The molecule has 0 saturated carbocycles. The van der Waals surface area contributed by atoms with Crippen molar-refractivity contribution in [3.63, 3.8) is 0 Å². The molecular weight excluding hydrogens is 402 g/mol. The molecule has 0 aliphatic carbocycles. The van der Waals surface area contributed by atoms with E-state index in [0.717, 1.165) is 29.2 Å². The number of aryl methyl sites for hydroxylation is 1. The molecule has 0 spiro atoms. The molecule has 9 nitrogen and oxygen atoms in total. The lowest BCUT2D eigenvalue weighted by molar-refractivity contribution is 0.599. The zero-order valence-corrected chi connectivity index (χ0v) is 18.1. The molecule has 10 heteroatoms. The normalized spacial score (nSPS) is 16.3. The van der Waals surface area contributed by atoms with Gasteiger partial charge in [-0.15, -0.1) is 0 Å². The fourth-order valence-electron chi connectivity index (χ4n) is 3.55. The van der Waals surface area contributed by atoms with Crippen LogP contribution < -0.4 is 9.21 Å². The molecule has 0 aromatic carbocycles. The summed E-state index contributed by atoms with van der Waals surface area (Å²) in [6.07, 6.45) is 7.07. The van der Waals surface area contributed by atoms with E-state index in [0.29, 0.717) is 23.9 Å². The predicted molar refractivity (Wildman–Crippen MR) is 115 cm³/mol. The van der Waals surface area contributed by atoms with E-state index >= 15 is 0 Å². The van der Waals surface area contributed by atoms with Gasteiger partial charge in [0.15, 0.2) is 11.6 Å². The molecule has 0 N–H and O–H groups in total. The van der Waals surface area contributed by atoms with Crippen LogP contribution >= 0.6 is 0 Å². The van der Waals surface area contributed by atoms with Crippen LogP contribution in [0, 0.1) is 6.92 Å². The minimum atomic E-state index is -3.36. The van der Waals surface area contributed by atoms with Crippen LogP contribution in [-0.2, 0) is 16.4 Å². The molecule has 156 valence electrons. The molecule has 4 heterocycles. The lowest BCUT2D eigenvalue weighted by atomic mass is 9.99. The number of pyridine rings is 1. The Balaban J connectivity index is 1.67. The summed E-state index contributed by atoms with van der Waals surface area (Å²) >= 11 is 0. The Hall–Kier alpha value is -3.14. The molecule has 0 radical (unpaired) electrons. The number of nitrogens with zero attached hydrogens (tertiary/aromatic N) is 7. The van der Waals surface area contributed by atoms with Crippen molar-refractivity contribution in [3.8, 4) is 11.6 Å². The van der Waals surface area contributed by atoms with Crippen LogP contribution in [0.3, 0.4) is 0 Å². The first-order valence-corrected chi connectivity index (χ1v) is 11.4. The number of hydrogen-bond donors (Lipinski definition) is 0. The topological polar surface area (TPSA) is 105 Å². The van der Waals surface area contributed by atoms with Gasteiger partial charge in [0.25, 0.3) is 0 Å². The number of anilines is 2. The van der Waals surface area contributed by atoms with Crippen molar-refractivity contribution in [2.24, 2.45) is 0 Å². The summed E-state index contributed by atoms with van der Waals surface area (Å²) in [7, 11) is -1.81. The van der Waals surface area contributed by atoms with Gasteiger partial charge in [0, 0.05) is 55.9 Å². The standard InChI is InChI=1S/C20H23N7O2S/c1-13-10-15(26(3)30(4,28)29)11-18(24-13)27-9-6-17-16(14(27)2)12-23-20(25-17)19-21-7-5-8-22-19/h5,7-8,10-12,14H,6,9H2,1-4H3. The van der Waals surface area contributed by atoms with Gasteiger partial charge < -0.3 is 4.90 Å². The first kappa shape index (κ1) is 20.1. The van der Waals surface area contributed by atoms with Crippen molar-refractivity contribution in [1.29, 1.82) is 0 Å². The van der Waals surface area contributed by atoms with Crippen molar-refractivity contribution in [3.05, 3.63) is 53.7 Å². The highest BCUT2D eigenvalue weighted by Gasteiger charge is 2.28. The number of rotatable bonds is 4. The van der Waals surface area contributed by atoms with Gasteiger partial charge in [-0.3, -0.25) is 4.31 Å². The Morgan fingerprint density at radius 1 is 1.10 bits per heavy atom. The second-order valence-electron chi connectivity index (χ2n) is 7.34. The minimum Gasteiger partial charge on any atom is -0.349 e. The van der Waals surface area contributed by atoms with Crippen LogP contribution in [0.1, 0.15) is 29.9 Å². The van der Waals surface area contributed by atoms with Crippen LogP contribution in [0.15, 0.2) is 36.8 Å². The Labute approximate surface area is 175 Å². The van der Waals surface area contributed by atoms with Crippen LogP contribution in [0.2, 0.25) is 0 Å². The van der Waals surface area contributed by atoms with E-state index in [2.05, 4.69) is 36.7 Å². The Bertz CT molecular complexity index is 1190. The van der Waals surface area contributed by atoms with E-state index in [-0.39, 0.29) is 6.04 Å². The Kier molecular flexibility index (Phi) is 5.10. The molecule has 1 aliphatic heterocycles. The molecule has 0 saturated heterocycles. The van der Waals surface area contributed by atoms with Gasteiger partial charge in [0.1, 0.15) is 5.82 Å². The molecule has 0 amide bonds. The van der Waals surface area contributed by atoms with E-state index in [4.69, 9.17) is 0 Å². The third kappa shape index (κ3) is 3.82. The van der Waals surface area contributed by atoms with Crippen molar-refractivity contribution in [2.45, 2.75) is 26.3 Å². The Morgan fingerprint density at radius 3 is 2.53 bits per heavy atom. The summed E-state index contributed by atoms with van der Waals surface area (Å²) in [6.45, 7) is 4.64. The van der Waals surface area contributed by atoms with Crippen LogP contribution in [0.5, 0.6) is 0 Å². The maximum absolute atomic E-state index is 12.0. The van der Waals surface area contributed by atoms with Crippen molar-refractivity contribution < 1.29 is 8.42 Å². The summed E-state index contributed by atoms with van der Waals surface area (Å²) < 4.78 is 25.2. The van der Waals surface area contributed by atoms with Gasteiger partial charge in [-0.05, 0) is 26.0 Å². The molecular formula is C20H23N7O2S. The van der Waals surface area contributed by atoms with Crippen LogP contribution in [-0.4, -0.2) is 53.2 Å². The summed E-state index contributed by atoms with van der Waals surface area (Å²) in [5, 5.41) is 0.